The lowest BCUT2D eigenvalue weighted by molar-refractivity contribution is -0.148. The molecule has 2 aromatic heterocycles. The fraction of sp³-hybridized carbons (Fsp3) is 0.368. The molecule has 2 aliphatic rings. The lowest BCUT2D eigenvalue weighted by Gasteiger charge is -2.44. The van der Waals surface area contributed by atoms with Crippen molar-refractivity contribution in [3.05, 3.63) is 45.4 Å². The Hall–Kier alpha value is -2.63. The summed E-state index contributed by atoms with van der Waals surface area (Å²) in [6.45, 7) is 5.63. The van der Waals surface area contributed by atoms with Crippen LogP contribution in [0.5, 0.6) is 0 Å². The van der Waals surface area contributed by atoms with Crippen LogP contribution in [-0.4, -0.2) is 58.7 Å². The molecule has 2 unspecified atom stereocenters. The molecule has 2 saturated heterocycles. The summed E-state index contributed by atoms with van der Waals surface area (Å²) in [5.41, 5.74) is 0.805. The van der Waals surface area contributed by atoms with Crippen LogP contribution in [0.15, 0.2) is 22.7 Å². The third kappa shape index (κ3) is 3.10. The molecule has 2 N–H and O–H groups in total. The Kier molecular flexibility index (Phi) is 4.95. The number of benzene rings is 1. The first-order valence-electron chi connectivity index (χ1n) is 9.65. The number of tetrazole rings is 1. The molecule has 4 heterocycles. The highest BCUT2D eigenvalue weighted by Gasteiger charge is 2.63. The van der Waals surface area contributed by atoms with Crippen LogP contribution in [-0.2, 0) is 4.79 Å². The van der Waals surface area contributed by atoms with Crippen molar-refractivity contribution in [2.45, 2.75) is 43.0 Å². The van der Waals surface area contributed by atoms with Gasteiger partial charge in [0.15, 0.2) is 5.82 Å². The molecule has 1 aromatic carbocycles. The second-order valence-electron chi connectivity index (χ2n) is 8.04. The maximum absolute atomic E-state index is 13.2. The highest BCUT2D eigenvalue weighted by Crippen LogP contribution is 2.56. The number of rotatable bonds is 4. The number of amides is 2. The average molecular weight is 494 g/mol. The highest BCUT2D eigenvalue weighted by molar-refractivity contribution is 8.01. The maximum Gasteiger partial charge on any atom is 0.257 e. The molecule has 2 amide bonds. The molecular formula is C19H17Cl2N7O3S. The number of nitrogens with zero attached hydrogens (tertiary/aromatic N) is 5. The van der Waals surface area contributed by atoms with Crippen molar-refractivity contribution in [2.24, 2.45) is 0 Å². The number of aromatic nitrogens is 5. The van der Waals surface area contributed by atoms with E-state index in [1.807, 2.05) is 13.8 Å². The molecule has 0 aliphatic carbocycles. The van der Waals surface area contributed by atoms with E-state index < -0.39 is 11.9 Å². The van der Waals surface area contributed by atoms with Gasteiger partial charge in [0.25, 0.3) is 5.91 Å². The fourth-order valence-electron chi connectivity index (χ4n) is 4.20. The summed E-state index contributed by atoms with van der Waals surface area (Å²) in [5.74, 6) is 0.0201. The normalized spacial score (nSPS) is 23.7. The second kappa shape index (κ2) is 7.46. The third-order valence-electron chi connectivity index (χ3n) is 5.62. The fourth-order valence-corrected chi connectivity index (χ4v) is 6.40. The van der Waals surface area contributed by atoms with E-state index in [1.165, 1.54) is 0 Å². The van der Waals surface area contributed by atoms with Crippen molar-refractivity contribution in [3.63, 3.8) is 0 Å². The van der Waals surface area contributed by atoms with Crippen molar-refractivity contribution >= 4 is 46.8 Å². The Morgan fingerprint density at radius 3 is 2.69 bits per heavy atom. The summed E-state index contributed by atoms with van der Waals surface area (Å²) in [4.78, 5) is 27.9. The minimum Gasteiger partial charge on any atom is -0.360 e. The number of nitrogens with one attached hydrogen (secondary N) is 2. The molecule has 0 radical (unpaired) electrons. The predicted octanol–water partition coefficient (Wildman–Crippen LogP) is 3.00. The van der Waals surface area contributed by atoms with E-state index in [1.54, 1.807) is 41.8 Å². The zero-order valence-corrected chi connectivity index (χ0v) is 19.4. The van der Waals surface area contributed by atoms with Crippen LogP contribution in [0.3, 0.4) is 0 Å². The van der Waals surface area contributed by atoms with Crippen LogP contribution in [0.1, 0.15) is 41.8 Å². The van der Waals surface area contributed by atoms with Crippen LogP contribution in [0.2, 0.25) is 10.0 Å². The minimum atomic E-state index is -0.715. The van der Waals surface area contributed by atoms with E-state index in [0.29, 0.717) is 27.2 Å². The Labute approximate surface area is 196 Å². The van der Waals surface area contributed by atoms with Gasteiger partial charge in [-0.15, -0.1) is 22.0 Å². The Morgan fingerprint density at radius 1 is 1.31 bits per heavy atom. The van der Waals surface area contributed by atoms with Gasteiger partial charge in [0.1, 0.15) is 34.5 Å². The smallest absolute Gasteiger partial charge is 0.257 e. The number of fused-ring (bicyclic) bond motifs is 1. The molecule has 2 fully saturated rings. The molecule has 32 heavy (non-hydrogen) atoms. The van der Waals surface area contributed by atoms with E-state index >= 15 is 0 Å². The number of β-lactam (4-membered cyclic amide) rings is 1. The van der Waals surface area contributed by atoms with Gasteiger partial charge in [0, 0.05) is 10.3 Å². The van der Waals surface area contributed by atoms with Gasteiger partial charge in [0.05, 0.1) is 10.0 Å². The molecule has 13 heteroatoms. The van der Waals surface area contributed by atoms with E-state index in [2.05, 4.69) is 31.1 Å². The van der Waals surface area contributed by atoms with Gasteiger partial charge in [-0.25, -0.2) is 0 Å². The van der Waals surface area contributed by atoms with Gasteiger partial charge < -0.3 is 14.7 Å². The van der Waals surface area contributed by atoms with E-state index in [9.17, 15) is 9.59 Å². The number of aryl methyl sites for hydroxylation is 1. The molecule has 10 nitrogen and oxygen atoms in total. The molecule has 2 aliphatic heterocycles. The Morgan fingerprint density at radius 2 is 2.03 bits per heavy atom. The molecular weight excluding hydrogens is 477 g/mol. The maximum atomic E-state index is 13.2. The Bertz CT molecular complexity index is 1210. The summed E-state index contributed by atoms with van der Waals surface area (Å²) in [5, 5.41) is 21.4. The summed E-state index contributed by atoms with van der Waals surface area (Å²) < 4.78 is 4.90. The number of hydrogen-bond acceptors (Lipinski definition) is 8. The van der Waals surface area contributed by atoms with E-state index in [0.717, 1.165) is 0 Å². The lowest BCUT2D eigenvalue weighted by Crippen LogP contribution is -2.67. The zero-order chi connectivity index (χ0) is 22.8. The van der Waals surface area contributed by atoms with Crippen LogP contribution in [0.25, 0.3) is 11.3 Å². The molecule has 0 bridgehead atoms. The predicted molar refractivity (Wildman–Crippen MR) is 117 cm³/mol. The molecule has 0 saturated carbocycles. The largest absolute Gasteiger partial charge is 0.360 e. The van der Waals surface area contributed by atoms with Crippen LogP contribution >= 0.6 is 35.0 Å². The number of H-pyrrole nitrogens is 1. The first-order valence-corrected chi connectivity index (χ1v) is 11.3. The standard InChI is InChI=1S/C19H17Cl2N7O3S/c1-7-10(12(25-31-7)11-8(20)5-4-6-9(11)21)16(29)22-13-17(30)28-14(15-23-26-27-24-15)19(2,3)32-18(13)28/h4-6,13-14,18H,1-3H3,(H,22,29)(H,23,24,26,27)/t13?,14?,18-/m0/s1. The lowest BCUT2D eigenvalue weighted by atomic mass is 9.95. The summed E-state index contributed by atoms with van der Waals surface area (Å²) in [7, 11) is 0. The average Bonchev–Trinajstić information content (AvgIpc) is 3.43. The summed E-state index contributed by atoms with van der Waals surface area (Å²) in [6.07, 6.45) is 0. The van der Waals surface area contributed by atoms with Crippen molar-refractivity contribution < 1.29 is 14.1 Å². The SMILES string of the molecule is Cc1onc(-c2c(Cl)cccc2Cl)c1C(=O)NC1C(=O)N2C(c3nn[nH]n3)C(C)(C)S[C@@H]12. The highest BCUT2D eigenvalue weighted by atomic mass is 35.5. The molecule has 5 rings (SSSR count). The number of halogens is 2. The summed E-state index contributed by atoms with van der Waals surface area (Å²) >= 11 is 14.2. The monoisotopic (exact) mass is 493 g/mol. The quantitative estimate of drug-likeness (QED) is 0.530. The zero-order valence-electron chi connectivity index (χ0n) is 17.1. The van der Waals surface area contributed by atoms with Crippen LogP contribution in [0, 0.1) is 6.92 Å². The number of carbonyl (C=O) groups excluding carboxylic acids is 2. The van der Waals surface area contributed by atoms with E-state index in [4.69, 9.17) is 27.7 Å². The number of aromatic amines is 1. The van der Waals surface area contributed by atoms with Crippen molar-refractivity contribution in [1.29, 1.82) is 0 Å². The van der Waals surface area contributed by atoms with Gasteiger partial charge in [-0.05, 0) is 32.9 Å². The van der Waals surface area contributed by atoms with Crippen molar-refractivity contribution in [2.75, 3.05) is 0 Å². The third-order valence-corrected chi connectivity index (χ3v) is 7.82. The Balaban J connectivity index is 1.42. The van der Waals surface area contributed by atoms with E-state index in [-0.39, 0.29) is 33.3 Å². The van der Waals surface area contributed by atoms with Gasteiger partial charge in [-0.3, -0.25) is 9.59 Å². The molecule has 0 spiro atoms. The van der Waals surface area contributed by atoms with Crippen LogP contribution < -0.4 is 5.32 Å². The van der Waals surface area contributed by atoms with Gasteiger partial charge >= 0.3 is 0 Å². The number of carbonyl (C=O) groups is 2. The van der Waals surface area contributed by atoms with Gasteiger partial charge in [0.2, 0.25) is 5.91 Å². The molecule has 3 atom stereocenters. The first-order chi connectivity index (χ1) is 15.2. The second-order valence-corrected chi connectivity index (χ2v) is 10.6. The van der Waals surface area contributed by atoms with Gasteiger partial charge in [-0.2, -0.15) is 5.21 Å². The number of hydrogen-bond donors (Lipinski definition) is 2. The minimum absolute atomic E-state index is 0.184. The molecule has 3 aromatic rings. The van der Waals surface area contributed by atoms with Crippen molar-refractivity contribution in [3.8, 4) is 11.3 Å². The van der Waals surface area contributed by atoms with Crippen LogP contribution in [0.4, 0.5) is 0 Å². The van der Waals surface area contributed by atoms with Crippen molar-refractivity contribution in [1.82, 2.24) is 36.0 Å². The molecule has 166 valence electrons. The first kappa shape index (κ1) is 21.2. The number of thioether (sulfide) groups is 1. The topological polar surface area (TPSA) is 130 Å². The summed E-state index contributed by atoms with van der Waals surface area (Å²) in [6, 6.07) is 3.93. The van der Waals surface area contributed by atoms with Gasteiger partial charge in [-0.1, -0.05) is 39.6 Å².